The number of aliphatic hydroxyl groups is 1. The molecule has 0 spiro atoms. The Hall–Kier alpha value is -1.81. The molecule has 0 fully saturated rings. The molecule has 4 heteroatoms. The van der Waals surface area contributed by atoms with Gasteiger partial charge in [0.05, 0.1) is 6.61 Å². The third kappa shape index (κ3) is 2.31. The third-order valence-electron chi connectivity index (χ3n) is 2.78. The van der Waals surface area contributed by atoms with Gasteiger partial charge in [0.15, 0.2) is 5.82 Å². The van der Waals surface area contributed by atoms with Crippen LogP contribution >= 0.6 is 0 Å². The Morgan fingerprint density at radius 3 is 2.71 bits per heavy atom. The monoisotopic (exact) mass is 229 g/mol. The van der Waals surface area contributed by atoms with Crippen molar-refractivity contribution in [3.05, 3.63) is 41.5 Å². The van der Waals surface area contributed by atoms with Crippen molar-refractivity contribution in [1.82, 2.24) is 15.0 Å². The molecule has 0 amide bonds. The van der Waals surface area contributed by atoms with E-state index in [0.29, 0.717) is 5.82 Å². The average molecular weight is 229 g/mol. The highest BCUT2D eigenvalue weighted by Crippen LogP contribution is 2.20. The molecule has 2 aromatic heterocycles. The van der Waals surface area contributed by atoms with Crippen molar-refractivity contribution in [3.8, 4) is 11.4 Å². The predicted molar refractivity (Wildman–Crippen MR) is 65.3 cm³/mol. The van der Waals surface area contributed by atoms with Crippen molar-refractivity contribution >= 4 is 0 Å². The zero-order chi connectivity index (χ0) is 12.3. The van der Waals surface area contributed by atoms with Gasteiger partial charge in [-0.1, -0.05) is 6.92 Å². The summed E-state index contributed by atoms with van der Waals surface area (Å²) in [4.78, 5) is 12.8. The maximum Gasteiger partial charge on any atom is 0.159 e. The molecule has 0 atom stereocenters. The second-order valence-electron chi connectivity index (χ2n) is 3.85. The standard InChI is InChI=1S/C13H15N3O/c1-3-10-6-14-5-4-12(10)13-15-7-11(8-17)9(2)16-13/h4-7,17H,3,8H2,1-2H3. The van der Waals surface area contributed by atoms with Crippen LogP contribution in [0, 0.1) is 6.92 Å². The first-order chi connectivity index (χ1) is 8.26. The fourth-order valence-electron chi connectivity index (χ4n) is 1.70. The van der Waals surface area contributed by atoms with E-state index in [1.807, 2.05) is 19.2 Å². The van der Waals surface area contributed by atoms with Gasteiger partial charge >= 0.3 is 0 Å². The lowest BCUT2D eigenvalue weighted by Crippen LogP contribution is -1.99. The average Bonchev–Trinajstić information content (AvgIpc) is 2.38. The number of hydrogen-bond acceptors (Lipinski definition) is 4. The molecule has 0 saturated heterocycles. The van der Waals surface area contributed by atoms with E-state index < -0.39 is 0 Å². The summed E-state index contributed by atoms with van der Waals surface area (Å²) < 4.78 is 0. The fourth-order valence-corrected chi connectivity index (χ4v) is 1.70. The minimum atomic E-state index is -0.0247. The molecule has 4 nitrogen and oxygen atoms in total. The van der Waals surface area contributed by atoms with Crippen LogP contribution in [0.3, 0.4) is 0 Å². The van der Waals surface area contributed by atoms with Crippen molar-refractivity contribution in [3.63, 3.8) is 0 Å². The summed E-state index contributed by atoms with van der Waals surface area (Å²) in [6.07, 6.45) is 6.16. The lowest BCUT2D eigenvalue weighted by Gasteiger charge is -2.07. The van der Waals surface area contributed by atoms with Crippen molar-refractivity contribution in [1.29, 1.82) is 0 Å². The van der Waals surface area contributed by atoms with E-state index in [-0.39, 0.29) is 6.61 Å². The summed E-state index contributed by atoms with van der Waals surface area (Å²) in [5, 5.41) is 9.09. The van der Waals surface area contributed by atoms with Crippen LogP contribution in [0.2, 0.25) is 0 Å². The molecule has 0 bridgehead atoms. The highest BCUT2D eigenvalue weighted by molar-refractivity contribution is 5.59. The van der Waals surface area contributed by atoms with Crippen molar-refractivity contribution < 1.29 is 5.11 Å². The van der Waals surface area contributed by atoms with Crippen molar-refractivity contribution in [2.24, 2.45) is 0 Å². The van der Waals surface area contributed by atoms with Gasteiger partial charge in [0, 0.05) is 35.4 Å². The molecule has 17 heavy (non-hydrogen) atoms. The highest BCUT2D eigenvalue weighted by Gasteiger charge is 2.08. The van der Waals surface area contributed by atoms with Gasteiger partial charge in [-0.25, -0.2) is 9.97 Å². The molecule has 2 rings (SSSR count). The lowest BCUT2D eigenvalue weighted by atomic mass is 10.1. The summed E-state index contributed by atoms with van der Waals surface area (Å²) in [6.45, 7) is 3.93. The summed E-state index contributed by atoms with van der Waals surface area (Å²) in [5.41, 5.74) is 3.72. The molecule has 0 aliphatic heterocycles. The second-order valence-corrected chi connectivity index (χ2v) is 3.85. The molecule has 2 heterocycles. The van der Waals surface area contributed by atoms with Crippen LogP contribution in [-0.4, -0.2) is 20.1 Å². The minimum absolute atomic E-state index is 0.0247. The Morgan fingerprint density at radius 1 is 1.24 bits per heavy atom. The van der Waals surface area contributed by atoms with Gasteiger partial charge in [-0.2, -0.15) is 0 Å². The molecule has 0 radical (unpaired) electrons. The highest BCUT2D eigenvalue weighted by atomic mass is 16.3. The molecular weight excluding hydrogens is 214 g/mol. The van der Waals surface area contributed by atoms with Crippen LogP contribution in [0.5, 0.6) is 0 Å². The van der Waals surface area contributed by atoms with Crippen LogP contribution in [0.1, 0.15) is 23.7 Å². The van der Waals surface area contributed by atoms with Crippen LogP contribution in [0.15, 0.2) is 24.7 Å². The van der Waals surface area contributed by atoms with Crippen molar-refractivity contribution in [2.45, 2.75) is 26.9 Å². The maximum atomic E-state index is 9.09. The van der Waals surface area contributed by atoms with Gasteiger partial charge in [-0.15, -0.1) is 0 Å². The molecule has 0 aromatic carbocycles. The molecular formula is C13H15N3O. The lowest BCUT2D eigenvalue weighted by molar-refractivity contribution is 0.280. The maximum absolute atomic E-state index is 9.09. The molecule has 0 saturated carbocycles. The number of nitrogens with zero attached hydrogens (tertiary/aromatic N) is 3. The van der Waals surface area contributed by atoms with Gasteiger partial charge in [-0.3, -0.25) is 4.98 Å². The zero-order valence-corrected chi connectivity index (χ0v) is 10.0. The fraction of sp³-hybridized carbons (Fsp3) is 0.308. The largest absolute Gasteiger partial charge is 0.392 e. The Morgan fingerprint density at radius 2 is 2.06 bits per heavy atom. The topological polar surface area (TPSA) is 58.9 Å². The Labute approximate surface area is 100 Å². The molecule has 2 aromatic rings. The third-order valence-corrected chi connectivity index (χ3v) is 2.78. The van der Waals surface area contributed by atoms with Gasteiger partial charge in [0.1, 0.15) is 0 Å². The number of aromatic nitrogens is 3. The van der Waals surface area contributed by atoms with E-state index in [1.54, 1.807) is 12.4 Å². The molecule has 1 N–H and O–H groups in total. The van der Waals surface area contributed by atoms with Crippen LogP contribution in [-0.2, 0) is 13.0 Å². The molecule has 0 aliphatic carbocycles. The van der Waals surface area contributed by atoms with Gasteiger partial charge < -0.3 is 5.11 Å². The Bertz CT molecular complexity index is 526. The van der Waals surface area contributed by atoms with E-state index in [0.717, 1.165) is 28.8 Å². The Kier molecular flexibility index (Phi) is 3.44. The SMILES string of the molecule is CCc1cnccc1-c1ncc(CO)c(C)n1. The van der Waals surface area contributed by atoms with Crippen LogP contribution < -0.4 is 0 Å². The van der Waals surface area contributed by atoms with Crippen molar-refractivity contribution in [2.75, 3.05) is 0 Å². The normalized spacial score (nSPS) is 10.5. The van der Waals surface area contributed by atoms with E-state index in [9.17, 15) is 0 Å². The van der Waals surface area contributed by atoms with E-state index >= 15 is 0 Å². The van der Waals surface area contributed by atoms with E-state index in [2.05, 4.69) is 21.9 Å². The summed E-state index contributed by atoms with van der Waals surface area (Å²) in [7, 11) is 0. The molecule has 0 aliphatic rings. The number of rotatable bonds is 3. The number of aliphatic hydroxyl groups excluding tert-OH is 1. The van der Waals surface area contributed by atoms with E-state index in [1.165, 1.54) is 0 Å². The Balaban J connectivity index is 2.49. The summed E-state index contributed by atoms with van der Waals surface area (Å²) >= 11 is 0. The molecule has 0 unspecified atom stereocenters. The first-order valence-corrected chi connectivity index (χ1v) is 5.63. The zero-order valence-electron chi connectivity index (χ0n) is 10.0. The van der Waals surface area contributed by atoms with Crippen LogP contribution in [0.4, 0.5) is 0 Å². The van der Waals surface area contributed by atoms with Gasteiger partial charge in [-0.05, 0) is 25.0 Å². The minimum Gasteiger partial charge on any atom is -0.392 e. The predicted octanol–water partition coefficient (Wildman–Crippen LogP) is 1.90. The first-order valence-electron chi connectivity index (χ1n) is 5.63. The summed E-state index contributed by atoms with van der Waals surface area (Å²) in [6, 6.07) is 1.92. The van der Waals surface area contributed by atoms with Crippen LogP contribution in [0.25, 0.3) is 11.4 Å². The quantitative estimate of drug-likeness (QED) is 0.873. The number of pyridine rings is 1. The van der Waals surface area contributed by atoms with Gasteiger partial charge in [0.2, 0.25) is 0 Å². The number of hydrogen-bond donors (Lipinski definition) is 1. The first kappa shape index (κ1) is 11.7. The molecule has 88 valence electrons. The number of aryl methyl sites for hydroxylation is 2. The van der Waals surface area contributed by atoms with Gasteiger partial charge in [0.25, 0.3) is 0 Å². The smallest absolute Gasteiger partial charge is 0.159 e. The van der Waals surface area contributed by atoms with E-state index in [4.69, 9.17) is 5.11 Å². The second kappa shape index (κ2) is 5.01. The summed E-state index contributed by atoms with van der Waals surface area (Å²) in [5.74, 6) is 0.693.